The fourth-order valence-corrected chi connectivity index (χ4v) is 2.18. The van der Waals surface area contributed by atoms with Gasteiger partial charge in [-0.1, -0.05) is 0 Å². The number of halogens is 3. The number of alkyl halides is 3. The predicted octanol–water partition coefficient (Wildman–Crippen LogP) is 1.98. The molecule has 1 saturated carbocycles. The second-order valence-corrected chi connectivity index (χ2v) is 5.09. The smallest absolute Gasteiger partial charge is 0.382 e. The van der Waals surface area contributed by atoms with E-state index < -0.39 is 12.6 Å². The van der Waals surface area contributed by atoms with Gasteiger partial charge in [0.05, 0.1) is 6.42 Å². The SMILES string of the molecule is Nc1nsc(NCCC(F)(F)F)c1C(=O)NC1CC1. The Kier molecular flexibility index (Phi) is 3.83. The number of amides is 1. The molecule has 0 saturated heterocycles. The maximum atomic E-state index is 12.0. The number of carbonyl (C=O) groups is 1. The Morgan fingerprint density at radius 3 is 2.74 bits per heavy atom. The molecular weight excluding hydrogens is 281 g/mol. The minimum Gasteiger partial charge on any atom is -0.382 e. The van der Waals surface area contributed by atoms with E-state index in [1.54, 1.807) is 0 Å². The molecule has 0 unspecified atom stereocenters. The molecule has 1 aliphatic carbocycles. The minimum atomic E-state index is -4.24. The van der Waals surface area contributed by atoms with Gasteiger partial charge < -0.3 is 16.4 Å². The van der Waals surface area contributed by atoms with Crippen molar-refractivity contribution in [1.29, 1.82) is 0 Å². The van der Waals surface area contributed by atoms with Crippen LogP contribution in [0.15, 0.2) is 0 Å². The molecule has 0 aromatic carbocycles. The van der Waals surface area contributed by atoms with E-state index in [0.717, 1.165) is 24.4 Å². The summed E-state index contributed by atoms with van der Waals surface area (Å²) in [5, 5.41) is 5.57. The molecular formula is C10H13F3N4OS. The van der Waals surface area contributed by atoms with Crippen molar-refractivity contribution in [1.82, 2.24) is 9.69 Å². The first-order chi connectivity index (χ1) is 8.87. The molecule has 1 aromatic rings. The van der Waals surface area contributed by atoms with Crippen LogP contribution in [0.1, 0.15) is 29.6 Å². The van der Waals surface area contributed by atoms with Crippen molar-refractivity contribution in [3.05, 3.63) is 5.56 Å². The lowest BCUT2D eigenvalue weighted by Gasteiger charge is -2.09. The summed E-state index contributed by atoms with van der Waals surface area (Å²) in [5.74, 6) is -0.346. The van der Waals surface area contributed by atoms with Gasteiger partial charge in [-0.05, 0) is 24.4 Å². The van der Waals surface area contributed by atoms with E-state index in [1.165, 1.54) is 0 Å². The van der Waals surface area contributed by atoms with Crippen molar-refractivity contribution in [3.63, 3.8) is 0 Å². The number of hydrogen-bond donors (Lipinski definition) is 3. The third-order valence-electron chi connectivity index (χ3n) is 2.55. The van der Waals surface area contributed by atoms with Crippen molar-refractivity contribution >= 4 is 28.3 Å². The average Bonchev–Trinajstić information content (AvgIpc) is 3.00. The Balaban J connectivity index is 1.98. The van der Waals surface area contributed by atoms with Crippen molar-refractivity contribution in [2.24, 2.45) is 0 Å². The van der Waals surface area contributed by atoms with Crippen LogP contribution in [-0.4, -0.2) is 29.0 Å². The summed E-state index contributed by atoms with van der Waals surface area (Å²) in [6.45, 7) is -0.311. The number of rotatable bonds is 5. The molecule has 9 heteroatoms. The summed E-state index contributed by atoms with van der Waals surface area (Å²) in [4.78, 5) is 11.9. The van der Waals surface area contributed by atoms with E-state index >= 15 is 0 Å². The standard InChI is InChI=1S/C10H13F3N4OS/c11-10(12,13)3-4-15-9-6(7(14)17-19-9)8(18)16-5-1-2-5/h5,15H,1-4H2,(H2,14,17)(H,16,18). The van der Waals surface area contributed by atoms with Crippen LogP contribution in [0.4, 0.5) is 24.0 Å². The fraction of sp³-hybridized carbons (Fsp3) is 0.600. The van der Waals surface area contributed by atoms with Crippen LogP contribution >= 0.6 is 11.5 Å². The topological polar surface area (TPSA) is 80.0 Å². The third-order valence-corrected chi connectivity index (χ3v) is 3.37. The van der Waals surface area contributed by atoms with Gasteiger partial charge in [0.15, 0.2) is 5.82 Å². The molecule has 1 aromatic heterocycles. The summed E-state index contributed by atoms with van der Waals surface area (Å²) in [7, 11) is 0. The van der Waals surface area contributed by atoms with Gasteiger partial charge in [-0.25, -0.2) is 0 Å². The largest absolute Gasteiger partial charge is 0.390 e. The molecule has 0 spiro atoms. The average molecular weight is 294 g/mol. The van der Waals surface area contributed by atoms with Gasteiger partial charge in [0.1, 0.15) is 10.6 Å². The number of carbonyl (C=O) groups excluding carboxylic acids is 1. The Labute approximate surface area is 111 Å². The van der Waals surface area contributed by atoms with Gasteiger partial charge in [-0.2, -0.15) is 17.5 Å². The highest BCUT2D eigenvalue weighted by atomic mass is 32.1. The molecule has 0 radical (unpaired) electrons. The zero-order valence-corrected chi connectivity index (χ0v) is 10.7. The molecule has 4 N–H and O–H groups in total. The van der Waals surface area contributed by atoms with Gasteiger partial charge >= 0.3 is 6.18 Å². The second kappa shape index (κ2) is 5.24. The quantitative estimate of drug-likeness (QED) is 0.776. The van der Waals surface area contributed by atoms with E-state index in [4.69, 9.17) is 5.73 Å². The molecule has 2 rings (SSSR count). The maximum Gasteiger partial charge on any atom is 0.390 e. The zero-order chi connectivity index (χ0) is 14.0. The zero-order valence-electron chi connectivity index (χ0n) is 9.88. The molecule has 106 valence electrons. The highest BCUT2D eigenvalue weighted by Gasteiger charge is 2.29. The summed E-state index contributed by atoms with van der Waals surface area (Å²) >= 11 is 0.888. The number of nitrogens with one attached hydrogen (secondary N) is 2. The van der Waals surface area contributed by atoms with E-state index in [2.05, 4.69) is 15.0 Å². The van der Waals surface area contributed by atoms with Crippen LogP contribution in [-0.2, 0) is 0 Å². The second-order valence-electron chi connectivity index (χ2n) is 4.31. The Bertz CT molecular complexity index is 470. The van der Waals surface area contributed by atoms with Gasteiger partial charge in [-0.3, -0.25) is 4.79 Å². The summed E-state index contributed by atoms with van der Waals surface area (Å²) in [5.41, 5.74) is 5.71. The highest BCUT2D eigenvalue weighted by molar-refractivity contribution is 7.11. The normalized spacial score (nSPS) is 15.3. The maximum absolute atomic E-state index is 12.0. The molecule has 0 aliphatic heterocycles. The number of aromatic nitrogens is 1. The highest BCUT2D eigenvalue weighted by Crippen LogP contribution is 2.29. The van der Waals surface area contributed by atoms with Crippen molar-refractivity contribution in [3.8, 4) is 0 Å². The van der Waals surface area contributed by atoms with E-state index in [0.29, 0.717) is 0 Å². The van der Waals surface area contributed by atoms with Gasteiger partial charge in [0.2, 0.25) is 0 Å². The van der Waals surface area contributed by atoms with E-state index in [9.17, 15) is 18.0 Å². The van der Waals surface area contributed by atoms with Gasteiger partial charge in [0.25, 0.3) is 5.91 Å². The van der Waals surface area contributed by atoms with E-state index in [-0.39, 0.29) is 34.9 Å². The van der Waals surface area contributed by atoms with Crippen molar-refractivity contribution in [2.45, 2.75) is 31.5 Å². The predicted molar refractivity (Wildman–Crippen MR) is 66.2 cm³/mol. The summed E-state index contributed by atoms with van der Waals surface area (Å²) in [6, 6.07) is 0.148. The Morgan fingerprint density at radius 1 is 1.47 bits per heavy atom. The lowest BCUT2D eigenvalue weighted by atomic mass is 10.3. The van der Waals surface area contributed by atoms with Crippen LogP contribution in [0.25, 0.3) is 0 Å². The number of nitrogens with zero attached hydrogens (tertiary/aromatic N) is 1. The lowest BCUT2D eigenvalue weighted by Crippen LogP contribution is -2.26. The number of hydrogen-bond acceptors (Lipinski definition) is 5. The van der Waals surface area contributed by atoms with Crippen molar-refractivity contribution < 1.29 is 18.0 Å². The fourth-order valence-electron chi connectivity index (χ4n) is 1.45. The van der Waals surface area contributed by atoms with Crippen LogP contribution in [0.2, 0.25) is 0 Å². The lowest BCUT2D eigenvalue weighted by molar-refractivity contribution is -0.131. The molecule has 19 heavy (non-hydrogen) atoms. The molecule has 0 atom stereocenters. The minimum absolute atomic E-state index is 0.0395. The first-order valence-corrected chi connectivity index (χ1v) is 6.51. The van der Waals surface area contributed by atoms with E-state index in [1.807, 2.05) is 0 Å². The first kappa shape index (κ1) is 13.9. The van der Waals surface area contributed by atoms with Gasteiger partial charge in [0, 0.05) is 12.6 Å². The molecule has 1 heterocycles. The van der Waals surface area contributed by atoms with Crippen LogP contribution in [0.3, 0.4) is 0 Å². The van der Waals surface area contributed by atoms with Crippen LogP contribution < -0.4 is 16.4 Å². The number of anilines is 2. The summed E-state index contributed by atoms with van der Waals surface area (Å²) < 4.78 is 39.9. The summed E-state index contributed by atoms with van der Waals surface area (Å²) in [6.07, 6.45) is -3.38. The molecule has 5 nitrogen and oxygen atoms in total. The molecule has 0 bridgehead atoms. The monoisotopic (exact) mass is 294 g/mol. The molecule has 1 fully saturated rings. The van der Waals surface area contributed by atoms with Crippen molar-refractivity contribution in [2.75, 3.05) is 17.6 Å². The molecule has 1 amide bonds. The number of nitrogen functional groups attached to an aromatic ring is 1. The van der Waals surface area contributed by atoms with Gasteiger partial charge in [-0.15, -0.1) is 0 Å². The van der Waals surface area contributed by atoms with Crippen LogP contribution in [0.5, 0.6) is 0 Å². The van der Waals surface area contributed by atoms with Crippen LogP contribution in [0, 0.1) is 0 Å². The number of nitrogens with two attached hydrogens (primary N) is 1. The first-order valence-electron chi connectivity index (χ1n) is 5.73. The third kappa shape index (κ3) is 3.98. The molecule has 1 aliphatic rings. The Hall–Kier alpha value is -1.51. The Morgan fingerprint density at radius 2 is 2.16 bits per heavy atom.